The summed E-state index contributed by atoms with van der Waals surface area (Å²) in [5, 5.41) is 2.83. The molecule has 1 heterocycles. The van der Waals surface area contributed by atoms with Crippen LogP contribution in [0.1, 0.15) is 10.4 Å². The van der Waals surface area contributed by atoms with Gasteiger partial charge in [0.25, 0.3) is 0 Å². The third kappa shape index (κ3) is 1.31. The Bertz CT molecular complexity index is 445. The molecule has 0 aliphatic carbocycles. The van der Waals surface area contributed by atoms with Crippen molar-refractivity contribution in [1.29, 1.82) is 0 Å². The Morgan fingerprint density at radius 3 is 3.00 bits per heavy atom. The fourth-order valence-electron chi connectivity index (χ4n) is 1.25. The van der Waals surface area contributed by atoms with Gasteiger partial charge >= 0.3 is 0 Å². The van der Waals surface area contributed by atoms with Gasteiger partial charge < -0.3 is 4.74 Å². The molecule has 13 heavy (non-hydrogen) atoms. The van der Waals surface area contributed by atoms with Crippen molar-refractivity contribution in [1.82, 2.24) is 0 Å². The molecule has 0 saturated carbocycles. The third-order valence-corrected chi connectivity index (χ3v) is 2.92. The second-order valence-electron chi connectivity index (χ2n) is 2.67. The molecule has 0 atom stereocenters. The maximum absolute atomic E-state index is 10.6. The lowest BCUT2D eigenvalue weighted by molar-refractivity contribution is 0.112. The van der Waals surface area contributed by atoms with Crippen LogP contribution in [0.4, 0.5) is 0 Å². The number of benzene rings is 1. The van der Waals surface area contributed by atoms with E-state index < -0.39 is 0 Å². The van der Waals surface area contributed by atoms with Crippen molar-refractivity contribution in [2.45, 2.75) is 0 Å². The molecule has 0 aliphatic rings. The molecule has 2 aromatic rings. The largest absolute Gasteiger partial charge is 0.497 e. The number of aldehydes is 1. The Kier molecular flexibility index (Phi) is 2.02. The van der Waals surface area contributed by atoms with E-state index in [9.17, 15) is 4.79 Å². The summed E-state index contributed by atoms with van der Waals surface area (Å²) in [5.74, 6) is 0.786. The predicted molar refractivity (Wildman–Crippen MR) is 53.8 cm³/mol. The predicted octanol–water partition coefficient (Wildman–Crippen LogP) is 2.72. The van der Waals surface area contributed by atoms with Gasteiger partial charge in [-0.15, -0.1) is 11.3 Å². The standard InChI is InChI=1S/C10H8O2S/c1-12-8-2-3-10-9(4-8)7(5-11)6-13-10/h2-6H,1H3. The van der Waals surface area contributed by atoms with Gasteiger partial charge in [-0.05, 0) is 18.2 Å². The van der Waals surface area contributed by atoms with E-state index in [0.29, 0.717) is 0 Å². The van der Waals surface area contributed by atoms with Crippen LogP contribution in [0.15, 0.2) is 23.6 Å². The molecule has 66 valence electrons. The van der Waals surface area contributed by atoms with E-state index in [-0.39, 0.29) is 0 Å². The second-order valence-corrected chi connectivity index (χ2v) is 3.58. The topological polar surface area (TPSA) is 26.3 Å². The molecular weight excluding hydrogens is 184 g/mol. The Morgan fingerprint density at radius 2 is 2.31 bits per heavy atom. The minimum absolute atomic E-state index is 0.735. The fourth-order valence-corrected chi connectivity index (χ4v) is 2.13. The lowest BCUT2D eigenvalue weighted by atomic mass is 10.2. The lowest BCUT2D eigenvalue weighted by Gasteiger charge is -1.98. The van der Waals surface area contributed by atoms with Gasteiger partial charge in [0, 0.05) is 21.0 Å². The van der Waals surface area contributed by atoms with Crippen molar-refractivity contribution in [2.24, 2.45) is 0 Å². The third-order valence-electron chi connectivity index (χ3n) is 1.94. The van der Waals surface area contributed by atoms with E-state index in [4.69, 9.17) is 4.74 Å². The molecular formula is C10H8O2S. The summed E-state index contributed by atoms with van der Waals surface area (Å²) in [6, 6.07) is 5.74. The number of carbonyl (C=O) groups is 1. The Hall–Kier alpha value is -1.35. The first kappa shape index (κ1) is 8.26. The molecule has 0 fully saturated rings. The number of carbonyl (C=O) groups excluding carboxylic acids is 1. The van der Waals surface area contributed by atoms with E-state index in [1.165, 1.54) is 0 Å². The molecule has 0 radical (unpaired) electrons. The monoisotopic (exact) mass is 192 g/mol. The van der Waals surface area contributed by atoms with Gasteiger partial charge in [0.2, 0.25) is 0 Å². The SMILES string of the molecule is COc1ccc2scc(C=O)c2c1. The number of hydrogen-bond acceptors (Lipinski definition) is 3. The first-order chi connectivity index (χ1) is 6.35. The normalized spacial score (nSPS) is 10.2. The van der Waals surface area contributed by atoms with Crippen LogP contribution in [0.5, 0.6) is 5.75 Å². The fraction of sp³-hybridized carbons (Fsp3) is 0.100. The molecule has 2 rings (SSSR count). The van der Waals surface area contributed by atoms with Crippen molar-refractivity contribution in [3.63, 3.8) is 0 Å². The van der Waals surface area contributed by atoms with Crippen LogP contribution in [-0.2, 0) is 0 Å². The van der Waals surface area contributed by atoms with Crippen molar-refractivity contribution >= 4 is 27.7 Å². The van der Waals surface area contributed by atoms with Gasteiger partial charge in [0.1, 0.15) is 5.75 Å². The average molecular weight is 192 g/mol. The Balaban J connectivity index is 2.71. The summed E-state index contributed by atoms with van der Waals surface area (Å²) < 4.78 is 6.19. The minimum atomic E-state index is 0.735. The van der Waals surface area contributed by atoms with Crippen molar-refractivity contribution in [3.05, 3.63) is 29.1 Å². The van der Waals surface area contributed by atoms with E-state index in [1.54, 1.807) is 18.4 Å². The molecule has 0 bridgehead atoms. The summed E-state index contributed by atoms with van der Waals surface area (Å²) in [4.78, 5) is 10.6. The molecule has 0 unspecified atom stereocenters. The highest BCUT2D eigenvalue weighted by Gasteiger charge is 2.03. The molecule has 0 saturated heterocycles. The highest BCUT2D eigenvalue weighted by Crippen LogP contribution is 2.28. The molecule has 1 aromatic carbocycles. The molecule has 0 N–H and O–H groups in total. The molecule has 0 amide bonds. The summed E-state index contributed by atoms with van der Waals surface area (Å²) >= 11 is 1.57. The number of fused-ring (bicyclic) bond motifs is 1. The summed E-state index contributed by atoms with van der Waals surface area (Å²) in [6.07, 6.45) is 0.873. The average Bonchev–Trinajstić information content (AvgIpc) is 2.59. The number of hydrogen-bond donors (Lipinski definition) is 0. The van der Waals surface area contributed by atoms with Gasteiger partial charge in [0.15, 0.2) is 6.29 Å². The van der Waals surface area contributed by atoms with Gasteiger partial charge in [-0.3, -0.25) is 4.79 Å². The Labute approximate surface area is 79.8 Å². The zero-order chi connectivity index (χ0) is 9.26. The highest BCUT2D eigenvalue weighted by molar-refractivity contribution is 7.17. The van der Waals surface area contributed by atoms with Crippen molar-refractivity contribution in [3.8, 4) is 5.75 Å². The van der Waals surface area contributed by atoms with Gasteiger partial charge in [-0.2, -0.15) is 0 Å². The number of ether oxygens (including phenoxy) is 1. The number of methoxy groups -OCH3 is 1. The lowest BCUT2D eigenvalue weighted by Crippen LogP contribution is -1.82. The minimum Gasteiger partial charge on any atom is -0.497 e. The van der Waals surface area contributed by atoms with Crippen LogP contribution < -0.4 is 4.74 Å². The molecule has 1 aromatic heterocycles. The smallest absolute Gasteiger partial charge is 0.151 e. The van der Waals surface area contributed by atoms with Crippen LogP contribution in [0, 0.1) is 0 Å². The number of thiophene rings is 1. The summed E-state index contributed by atoms with van der Waals surface area (Å²) in [7, 11) is 1.62. The van der Waals surface area contributed by atoms with Gasteiger partial charge in [0.05, 0.1) is 7.11 Å². The maximum Gasteiger partial charge on any atom is 0.151 e. The molecule has 3 heteroatoms. The summed E-state index contributed by atoms with van der Waals surface area (Å²) in [6.45, 7) is 0. The first-order valence-electron chi connectivity index (χ1n) is 3.85. The Morgan fingerprint density at radius 1 is 1.46 bits per heavy atom. The number of rotatable bonds is 2. The maximum atomic E-state index is 10.6. The van der Waals surface area contributed by atoms with Crippen LogP contribution in [0.2, 0.25) is 0 Å². The van der Waals surface area contributed by atoms with Crippen LogP contribution >= 0.6 is 11.3 Å². The summed E-state index contributed by atoms with van der Waals surface area (Å²) in [5.41, 5.74) is 0.735. The van der Waals surface area contributed by atoms with E-state index >= 15 is 0 Å². The first-order valence-corrected chi connectivity index (χ1v) is 4.73. The highest BCUT2D eigenvalue weighted by atomic mass is 32.1. The van der Waals surface area contributed by atoms with Crippen molar-refractivity contribution < 1.29 is 9.53 Å². The van der Waals surface area contributed by atoms with Crippen LogP contribution in [0.3, 0.4) is 0 Å². The van der Waals surface area contributed by atoms with Crippen LogP contribution in [0.25, 0.3) is 10.1 Å². The quantitative estimate of drug-likeness (QED) is 0.684. The van der Waals surface area contributed by atoms with Gasteiger partial charge in [-0.25, -0.2) is 0 Å². The van der Waals surface area contributed by atoms with Crippen LogP contribution in [-0.4, -0.2) is 13.4 Å². The molecule has 2 nitrogen and oxygen atoms in total. The van der Waals surface area contributed by atoms with E-state index in [0.717, 1.165) is 27.7 Å². The molecule has 0 aliphatic heterocycles. The van der Waals surface area contributed by atoms with Crippen molar-refractivity contribution in [2.75, 3.05) is 7.11 Å². The van der Waals surface area contributed by atoms with E-state index in [2.05, 4.69) is 0 Å². The van der Waals surface area contributed by atoms with E-state index in [1.807, 2.05) is 23.6 Å². The zero-order valence-corrected chi connectivity index (χ0v) is 7.93. The van der Waals surface area contributed by atoms with Gasteiger partial charge in [-0.1, -0.05) is 0 Å². The zero-order valence-electron chi connectivity index (χ0n) is 7.11. The second kappa shape index (κ2) is 3.18. The molecule has 0 spiro atoms.